The highest BCUT2D eigenvalue weighted by molar-refractivity contribution is 7.25. The van der Waals surface area contributed by atoms with Crippen molar-refractivity contribution in [2.45, 2.75) is 0 Å². The molecule has 272 valence electrons. The third-order valence-electron chi connectivity index (χ3n) is 12.3. The zero-order valence-corrected chi connectivity index (χ0v) is 32.6. The lowest BCUT2D eigenvalue weighted by Crippen LogP contribution is -1.96. The highest BCUT2D eigenvalue weighted by atomic mass is 32.1. The molecule has 0 saturated carbocycles. The number of aromatic nitrogens is 2. The van der Waals surface area contributed by atoms with Crippen molar-refractivity contribution in [3.05, 3.63) is 194 Å². The number of benzene rings is 10. The molecule has 0 aliphatic heterocycles. The van der Waals surface area contributed by atoms with E-state index in [1.807, 2.05) is 17.4 Å². The molecule has 59 heavy (non-hydrogen) atoms. The highest BCUT2D eigenvalue weighted by Gasteiger charge is 2.18. The molecule has 0 spiro atoms. The second-order valence-electron chi connectivity index (χ2n) is 15.7. The molecule has 0 unspecified atom stereocenters. The highest BCUT2D eigenvalue weighted by Crippen LogP contribution is 2.45. The molecule has 0 saturated heterocycles. The minimum Gasteiger partial charge on any atom is -0.228 e. The number of fused-ring (bicyclic) bond motifs is 5. The number of nitrogens with zero attached hydrogens (tertiary/aromatic N) is 2. The molecule has 2 heterocycles. The SMILES string of the molecule is c1ccc(-c2nc(-c3cccc(-c4ccc5sc6ccccc6c5c4)c3)cc(-c3cc4ccc5cccc6c7cccc8ccc9cccc(c(c3)c4c56)c9c87)n2)cc1. The van der Waals surface area contributed by atoms with E-state index in [-0.39, 0.29) is 0 Å². The molecule has 11 aromatic carbocycles. The van der Waals surface area contributed by atoms with Crippen LogP contribution in [0.2, 0.25) is 0 Å². The van der Waals surface area contributed by atoms with Gasteiger partial charge in [-0.15, -0.1) is 11.3 Å². The van der Waals surface area contributed by atoms with Crippen LogP contribution in [0.15, 0.2) is 194 Å². The van der Waals surface area contributed by atoms with Crippen LogP contribution in [-0.4, -0.2) is 9.97 Å². The van der Waals surface area contributed by atoms with Crippen molar-refractivity contribution in [1.29, 1.82) is 0 Å². The van der Waals surface area contributed by atoms with Gasteiger partial charge in [0.25, 0.3) is 0 Å². The van der Waals surface area contributed by atoms with E-state index in [2.05, 4.69) is 188 Å². The molecule has 0 N–H and O–H groups in total. The third kappa shape index (κ3) is 4.99. The van der Waals surface area contributed by atoms with E-state index in [1.165, 1.54) is 90.4 Å². The van der Waals surface area contributed by atoms with Gasteiger partial charge in [-0.05, 0) is 118 Å². The molecular formula is C56H32N2S. The van der Waals surface area contributed by atoms with E-state index in [1.54, 1.807) is 0 Å². The average Bonchev–Trinajstić information content (AvgIpc) is 3.68. The Bertz CT molecular complexity index is 3840. The summed E-state index contributed by atoms with van der Waals surface area (Å²) in [6.07, 6.45) is 0. The summed E-state index contributed by atoms with van der Waals surface area (Å²) in [5.41, 5.74) is 7.24. The Morgan fingerprint density at radius 2 is 0.780 bits per heavy atom. The first kappa shape index (κ1) is 32.6. The summed E-state index contributed by atoms with van der Waals surface area (Å²) in [6.45, 7) is 0. The number of hydrogen-bond donors (Lipinski definition) is 0. The fourth-order valence-electron chi connectivity index (χ4n) is 9.66. The lowest BCUT2D eigenvalue weighted by atomic mass is 9.87. The maximum atomic E-state index is 5.35. The molecule has 2 nitrogen and oxygen atoms in total. The quantitative estimate of drug-likeness (QED) is 0.167. The van der Waals surface area contributed by atoms with Gasteiger partial charge in [0, 0.05) is 36.9 Å². The van der Waals surface area contributed by atoms with Crippen LogP contribution < -0.4 is 0 Å². The number of hydrogen-bond acceptors (Lipinski definition) is 3. The van der Waals surface area contributed by atoms with Crippen molar-refractivity contribution in [2.24, 2.45) is 0 Å². The van der Waals surface area contributed by atoms with Gasteiger partial charge in [-0.3, -0.25) is 0 Å². The van der Waals surface area contributed by atoms with Gasteiger partial charge in [0.05, 0.1) is 11.4 Å². The molecule has 0 fully saturated rings. The van der Waals surface area contributed by atoms with Crippen LogP contribution in [0.25, 0.3) is 130 Å². The van der Waals surface area contributed by atoms with Crippen molar-refractivity contribution in [3.8, 4) is 45.0 Å². The van der Waals surface area contributed by atoms with E-state index < -0.39 is 0 Å². The van der Waals surface area contributed by atoms with Crippen molar-refractivity contribution < 1.29 is 0 Å². The van der Waals surface area contributed by atoms with Gasteiger partial charge < -0.3 is 0 Å². The monoisotopic (exact) mass is 764 g/mol. The van der Waals surface area contributed by atoms with Crippen molar-refractivity contribution >= 4 is 96.1 Å². The van der Waals surface area contributed by atoms with Gasteiger partial charge in [-0.25, -0.2) is 9.97 Å². The van der Waals surface area contributed by atoms with Crippen LogP contribution >= 0.6 is 11.3 Å². The van der Waals surface area contributed by atoms with E-state index in [0.717, 1.165) is 33.6 Å². The first-order valence-electron chi connectivity index (χ1n) is 20.1. The Hall–Kier alpha value is -7.46. The van der Waals surface area contributed by atoms with Gasteiger partial charge in [0.1, 0.15) is 0 Å². The van der Waals surface area contributed by atoms with Gasteiger partial charge in [-0.1, -0.05) is 152 Å². The van der Waals surface area contributed by atoms with Crippen LogP contribution in [-0.2, 0) is 0 Å². The molecule has 0 atom stereocenters. The van der Waals surface area contributed by atoms with Crippen LogP contribution in [0.1, 0.15) is 0 Å². The van der Waals surface area contributed by atoms with Crippen molar-refractivity contribution in [1.82, 2.24) is 9.97 Å². The summed E-state index contributed by atoms with van der Waals surface area (Å²) in [5.74, 6) is 0.707. The number of thiophene rings is 1. The molecule has 2 aromatic heterocycles. The summed E-state index contributed by atoms with van der Waals surface area (Å²) in [7, 11) is 0. The van der Waals surface area contributed by atoms with Crippen LogP contribution in [0.5, 0.6) is 0 Å². The van der Waals surface area contributed by atoms with Gasteiger partial charge in [-0.2, -0.15) is 0 Å². The Morgan fingerprint density at radius 1 is 0.271 bits per heavy atom. The van der Waals surface area contributed by atoms with E-state index in [0.29, 0.717) is 5.82 Å². The summed E-state index contributed by atoms with van der Waals surface area (Å²) in [5, 5.41) is 17.8. The van der Waals surface area contributed by atoms with Crippen LogP contribution in [0.4, 0.5) is 0 Å². The molecule has 0 radical (unpaired) electrons. The normalized spacial score (nSPS) is 12.1. The Labute approximate surface area is 343 Å². The van der Waals surface area contributed by atoms with Gasteiger partial charge in [0.15, 0.2) is 5.82 Å². The van der Waals surface area contributed by atoms with E-state index in [4.69, 9.17) is 9.97 Å². The summed E-state index contributed by atoms with van der Waals surface area (Å²) in [4.78, 5) is 10.6. The summed E-state index contributed by atoms with van der Waals surface area (Å²) in [6, 6.07) is 71.0. The Balaban J connectivity index is 1.07. The minimum absolute atomic E-state index is 0.707. The molecule has 0 aliphatic carbocycles. The van der Waals surface area contributed by atoms with Gasteiger partial charge in [0.2, 0.25) is 0 Å². The molecule has 0 amide bonds. The molecule has 13 rings (SSSR count). The zero-order valence-electron chi connectivity index (χ0n) is 31.8. The zero-order chi connectivity index (χ0) is 38.6. The lowest BCUT2D eigenvalue weighted by molar-refractivity contribution is 1.18. The first-order valence-corrected chi connectivity index (χ1v) is 21.0. The maximum absolute atomic E-state index is 5.35. The summed E-state index contributed by atoms with van der Waals surface area (Å²) >= 11 is 1.85. The summed E-state index contributed by atoms with van der Waals surface area (Å²) < 4.78 is 2.62. The molecule has 0 aliphatic rings. The lowest BCUT2D eigenvalue weighted by Gasteiger charge is -2.17. The van der Waals surface area contributed by atoms with Crippen LogP contribution in [0, 0.1) is 0 Å². The maximum Gasteiger partial charge on any atom is 0.160 e. The minimum atomic E-state index is 0.707. The average molecular weight is 765 g/mol. The van der Waals surface area contributed by atoms with Gasteiger partial charge >= 0.3 is 0 Å². The second kappa shape index (κ2) is 12.5. The van der Waals surface area contributed by atoms with Crippen molar-refractivity contribution in [3.63, 3.8) is 0 Å². The Morgan fingerprint density at radius 3 is 1.51 bits per heavy atom. The predicted octanol–water partition coefficient (Wildman–Crippen LogP) is 15.9. The second-order valence-corrected chi connectivity index (χ2v) is 16.8. The molecule has 0 bridgehead atoms. The van der Waals surface area contributed by atoms with Crippen LogP contribution in [0.3, 0.4) is 0 Å². The molecule has 3 heteroatoms. The smallest absolute Gasteiger partial charge is 0.160 e. The molecular weight excluding hydrogens is 733 g/mol. The fraction of sp³-hybridized carbons (Fsp3) is 0. The topological polar surface area (TPSA) is 25.8 Å². The Kier molecular flexibility index (Phi) is 6.92. The first-order chi connectivity index (χ1) is 29.2. The van der Waals surface area contributed by atoms with E-state index in [9.17, 15) is 0 Å². The third-order valence-corrected chi connectivity index (χ3v) is 13.5. The standard InChI is InChI=1S/C56H32N2S/c1-2-10-36(11-3-1)56-57-48(39-16-6-15-37(28-39)38-26-27-51-46(30-38)42-17-4-5-21-50(42)59-51)32-49(58-56)41-29-40-25-24-35-13-8-19-44-43-18-7-12-33-22-23-34-14-9-20-45(54(34)52(33)43)47(31-41)55(40)53(35)44/h1-32H. The fourth-order valence-corrected chi connectivity index (χ4v) is 10.7. The largest absolute Gasteiger partial charge is 0.228 e. The number of rotatable bonds is 4. The van der Waals surface area contributed by atoms with E-state index >= 15 is 0 Å². The van der Waals surface area contributed by atoms with Crippen molar-refractivity contribution in [2.75, 3.05) is 0 Å². The molecule has 13 aromatic rings. The predicted molar refractivity (Wildman–Crippen MR) is 253 cm³/mol.